The normalized spacial score (nSPS) is 20.3. The summed E-state index contributed by atoms with van der Waals surface area (Å²) in [7, 11) is -0.538. The summed E-state index contributed by atoms with van der Waals surface area (Å²) in [6, 6.07) is 3.27. The summed E-state index contributed by atoms with van der Waals surface area (Å²) in [4.78, 5) is 0.182. The van der Waals surface area contributed by atoms with Crippen LogP contribution in [0.4, 0.5) is 0 Å². The Balaban J connectivity index is 2.48. The molecule has 1 atom stereocenters. The zero-order valence-corrected chi connectivity index (χ0v) is 13.9. The summed E-state index contributed by atoms with van der Waals surface area (Å²) < 4.78 is 37.8. The number of methoxy groups -OCH3 is 2. The summed E-state index contributed by atoms with van der Waals surface area (Å²) in [6.07, 6.45) is 1.96. The van der Waals surface area contributed by atoms with Gasteiger partial charge in [-0.3, -0.25) is 0 Å². The monoisotopic (exact) mass is 313 g/mol. The van der Waals surface area contributed by atoms with Crippen LogP contribution in [0.3, 0.4) is 0 Å². The van der Waals surface area contributed by atoms with Crippen LogP contribution in [-0.4, -0.2) is 40.0 Å². The molecule has 0 unspecified atom stereocenters. The molecule has 1 fully saturated rings. The Morgan fingerprint density at radius 3 is 2.43 bits per heavy atom. The van der Waals surface area contributed by atoms with Crippen LogP contribution in [0, 0.1) is 12.8 Å². The predicted molar refractivity (Wildman–Crippen MR) is 81.4 cm³/mol. The third-order valence-electron chi connectivity index (χ3n) is 3.92. The molecule has 5 nitrogen and oxygen atoms in total. The SMILES string of the molecule is COc1cc(S(=O)(=O)N2CCC[C@@H](C)C2)c(OC)cc1C. The average Bonchev–Trinajstić information content (AvgIpc) is 2.46. The van der Waals surface area contributed by atoms with Gasteiger partial charge >= 0.3 is 0 Å². The molecule has 0 spiro atoms. The van der Waals surface area contributed by atoms with Crippen LogP contribution in [0.5, 0.6) is 11.5 Å². The molecular formula is C15H23NO4S. The molecule has 1 aliphatic heterocycles. The Labute approximate surface area is 126 Å². The van der Waals surface area contributed by atoms with Gasteiger partial charge in [0.15, 0.2) is 0 Å². The van der Waals surface area contributed by atoms with Crippen LogP contribution >= 0.6 is 0 Å². The molecule has 0 aliphatic carbocycles. The molecule has 1 heterocycles. The van der Waals surface area contributed by atoms with Gasteiger partial charge in [0.25, 0.3) is 0 Å². The van der Waals surface area contributed by atoms with Crippen LogP contribution in [-0.2, 0) is 10.0 Å². The van der Waals surface area contributed by atoms with E-state index in [-0.39, 0.29) is 4.90 Å². The van der Waals surface area contributed by atoms with E-state index in [4.69, 9.17) is 9.47 Å². The van der Waals surface area contributed by atoms with Crippen LogP contribution in [0.15, 0.2) is 17.0 Å². The summed E-state index contributed by atoms with van der Waals surface area (Å²) in [5.41, 5.74) is 0.848. The number of aryl methyl sites for hydroxylation is 1. The minimum absolute atomic E-state index is 0.182. The molecule has 6 heteroatoms. The van der Waals surface area contributed by atoms with E-state index in [0.717, 1.165) is 18.4 Å². The lowest BCUT2D eigenvalue weighted by atomic mass is 10.0. The minimum Gasteiger partial charge on any atom is -0.496 e. The van der Waals surface area contributed by atoms with Crippen molar-refractivity contribution < 1.29 is 17.9 Å². The molecule has 1 aromatic carbocycles. The van der Waals surface area contributed by atoms with Crippen LogP contribution < -0.4 is 9.47 Å². The first-order valence-electron chi connectivity index (χ1n) is 7.13. The lowest BCUT2D eigenvalue weighted by molar-refractivity contribution is 0.280. The van der Waals surface area contributed by atoms with Gasteiger partial charge in [-0.1, -0.05) is 6.92 Å². The predicted octanol–water partition coefficient (Wildman–Crippen LogP) is 2.43. The van der Waals surface area contributed by atoms with Gasteiger partial charge < -0.3 is 9.47 Å². The molecule has 118 valence electrons. The van der Waals surface area contributed by atoms with Crippen molar-refractivity contribution >= 4 is 10.0 Å². The van der Waals surface area contributed by atoms with Crippen molar-refractivity contribution in [3.05, 3.63) is 17.7 Å². The van der Waals surface area contributed by atoms with Gasteiger partial charge in [0, 0.05) is 19.2 Å². The Morgan fingerprint density at radius 2 is 1.86 bits per heavy atom. The van der Waals surface area contributed by atoms with E-state index >= 15 is 0 Å². The van der Waals surface area contributed by atoms with Crippen molar-refractivity contribution in [3.63, 3.8) is 0 Å². The van der Waals surface area contributed by atoms with Crippen LogP contribution in [0.2, 0.25) is 0 Å². The number of hydrogen-bond donors (Lipinski definition) is 0. The molecular weight excluding hydrogens is 290 g/mol. The highest BCUT2D eigenvalue weighted by Crippen LogP contribution is 2.34. The smallest absolute Gasteiger partial charge is 0.246 e. The lowest BCUT2D eigenvalue weighted by Gasteiger charge is -2.30. The Kier molecular flexibility index (Phi) is 4.78. The van der Waals surface area contributed by atoms with Crippen molar-refractivity contribution in [3.8, 4) is 11.5 Å². The fourth-order valence-electron chi connectivity index (χ4n) is 2.73. The molecule has 0 amide bonds. The number of hydrogen-bond acceptors (Lipinski definition) is 4. The molecule has 0 bridgehead atoms. The maximum absolute atomic E-state index is 12.9. The Hall–Kier alpha value is -1.27. The second-order valence-corrected chi connectivity index (χ2v) is 7.49. The van der Waals surface area contributed by atoms with Crippen molar-refractivity contribution in [2.75, 3.05) is 27.3 Å². The summed E-state index contributed by atoms with van der Waals surface area (Å²) >= 11 is 0. The quantitative estimate of drug-likeness (QED) is 0.856. The van der Waals surface area contributed by atoms with E-state index in [0.29, 0.717) is 30.5 Å². The molecule has 1 aromatic rings. The number of sulfonamides is 1. The van der Waals surface area contributed by atoms with Gasteiger partial charge in [0.1, 0.15) is 16.4 Å². The zero-order chi connectivity index (χ0) is 15.6. The third-order valence-corrected chi connectivity index (χ3v) is 5.81. The molecule has 0 radical (unpaired) electrons. The zero-order valence-electron chi connectivity index (χ0n) is 13.0. The first-order chi connectivity index (χ1) is 9.90. The van der Waals surface area contributed by atoms with Gasteiger partial charge in [-0.05, 0) is 37.3 Å². The van der Waals surface area contributed by atoms with E-state index in [1.807, 2.05) is 6.92 Å². The van der Waals surface area contributed by atoms with Crippen molar-refractivity contribution in [2.45, 2.75) is 31.6 Å². The van der Waals surface area contributed by atoms with Crippen molar-refractivity contribution in [2.24, 2.45) is 5.92 Å². The molecule has 2 rings (SSSR count). The largest absolute Gasteiger partial charge is 0.496 e. The topological polar surface area (TPSA) is 55.8 Å². The van der Waals surface area contributed by atoms with Crippen molar-refractivity contribution in [1.29, 1.82) is 0 Å². The number of ether oxygens (including phenoxy) is 2. The first kappa shape index (κ1) is 16.1. The number of rotatable bonds is 4. The highest BCUT2D eigenvalue weighted by atomic mass is 32.2. The number of piperidine rings is 1. The van der Waals surface area contributed by atoms with Gasteiger partial charge in [-0.2, -0.15) is 4.31 Å². The van der Waals surface area contributed by atoms with Gasteiger partial charge in [-0.15, -0.1) is 0 Å². The maximum Gasteiger partial charge on any atom is 0.246 e. The van der Waals surface area contributed by atoms with E-state index in [2.05, 4.69) is 6.92 Å². The highest BCUT2D eigenvalue weighted by Gasteiger charge is 2.31. The lowest BCUT2D eigenvalue weighted by Crippen LogP contribution is -2.39. The maximum atomic E-state index is 12.9. The molecule has 0 aromatic heterocycles. The molecule has 1 aliphatic rings. The van der Waals surface area contributed by atoms with Gasteiger partial charge in [-0.25, -0.2) is 8.42 Å². The van der Waals surface area contributed by atoms with E-state index in [1.54, 1.807) is 16.4 Å². The Morgan fingerprint density at radius 1 is 1.19 bits per heavy atom. The molecule has 0 saturated carbocycles. The highest BCUT2D eigenvalue weighted by molar-refractivity contribution is 7.89. The number of benzene rings is 1. The fourth-order valence-corrected chi connectivity index (χ4v) is 4.48. The van der Waals surface area contributed by atoms with Crippen molar-refractivity contribution in [1.82, 2.24) is 4.31 Å². The number of nitrogens with zero attached hydrogens (tertiary/aromatic N) is 1. The fraction of sp³-hybridized carbons (Fsp3) is 0.600. The van der Waals surface area contributed by atoms with Gasteiger partial charge in [0.05, 0.1) is 14.2 Å². The van der Waals surface area contributed by atoms with E-state index in [1.165, 1.54) is 14.2 Å². The van der Waals surface area contributed by atoms with E-state index in [9.17, 15) is 8.42 Å². The average molecular weight is 313 g/mol. The third kappa shape index (κ3) is 3.16. The summed E-state index contributed by atoms with van der Waals surface area (Å²) in [6.45, 7) is 5.06. The summed E-state index contributed by atoms with van der Waals surface area (Å²) in [5.74, 6) is 1.30. The summed E-state index contributed by atoms with van der Waals surface area (Å²) in [5, 5.41) is 0. The second-order valence-electron chi connectivity index (χ2n) is 5.58. The molecule has 0 N–H and O–H groups in total. The Bertz CT molecular complexity index is 612. The molecule has 1 saturated heterocycles. The standard InChI is InChI=1S/C15H23NO4S/c1-11-6-5-7-16(10-11)21(17,18)15-9-13(19-3)12(2)8-14(15)20-4/h8-9,11H,5-7,10H2,1-4H3/t11-/m1/s1. The van der Waals surface area contributed by atoms with Gasteiger partial charge in [0.2, 0.25) is 10.0 Å². The first-order valence-corrected chi connectivity index (χ1v) is 8.57. The second kappa shape index (κ2) is 6.23. The van der Waals surface area contributed by atoms with Crippen LogP contribution in [0.25, 0.3) is 0 Å². The van der Waals surface area contributed by atoms with E-state index < -0.39 is 10.0 Å². The minimum atomic E-state index is -3.56. The molecule has 21 heavy (non-hydrogen) atoms. The van der Waals surface area contributed by atoms with Crippen LogP contribution in [0.1, 0.15) is 25.3 Å².